The Hall–Kier alpha value is -0.660. The van der Waals surface area contributed by atoms with E-state index < -0.39 is 16.1 Å². The predicted octanol–water partition coefficient (Wildman–Crippen LogP) is 0.637. The molecule has 0 aliphatic heterocycles. The lowest BCUT2D eigenvalue weighted by Crippen LogP contribution is -2.45. The maximum Gasteiger partial charge on any atom is 0.237 e. The summed E-state index contributed by atoms with van der Waals surface area (Å²) in [4.78, 5) is 11.5. The zero-order chi connectivity index (χ0) is 15.0. The van der Waals surface area contributed by atoms with E-state index in [4.69, 9.17) is 4.74 Å². The van der Waals surface area contributed by atoms with Crippen LogP contribution in [0.5, 0.6) is 0 Å². The van der Waals surface area contributed by atoms with Gasteiger partial charge in [0.15, 0.2) is 0 Å². The second kappa shape index (κ2) is 8.59. The number of nitrogens with one attached hydrogen (secondary N) is 2. The van der Waals surface area contributed by atoms with Crippen LogP contribution in [0.15, 0.2) is 0 Å². The van der Waals surface area contributed by atoms with Crippen molar-refractivity contribution in [1.29, 1.82) is 0 Å². The van der Waals surface area contributed by atoms with Gasteiger partial charge in [-0.2, -0.15) is 0 Å². The van der Waals surface area contributed by atoms with E-state index >= 15 is 0 Å². The third-order valence-electron chi connectivity index (χ3n) is 3.43. The first-order valence-corrected chi connectivity index (χ1v) is 8.95. The lowest BCUT2D eigenvalue weighted by atomic mass is 10.1. The van der Waals surface area contributed by atoms with Crippen LogP contribution in [0.25, 0.3) is 0 Å². The molecule has 0 heterocycles. The van der Waals surface area contributed by atoms with Crippen molar-refractivity contribution in [2.75, 3.05) is 25.5 Å². The van der Waals surface area contributed by atoms with Gasteiger partial charge in [0.25, 0.3) is 0 Å². The van der Waals surface area contributed by atoms with Gasteiger partial charge in [-0.05, 0) is 32.6 Å². The molecule has 0 spiro atoms. The quantitative estimate of drug-likeness (QED) is 0.612. The molecular weight excluding hydrogens is 280 g/mol. The molecule has 1 amide bonds. The van der Waals surface area contributed by atoms with Crippen LogP contribution < -0.4 is 10.0 Å². The van der Waals surface area contributed by atoms with Crippen molar-refractivity contribution in [3.8, 4) is 0 Å². The summed E-state index contributed by atoms with van der Waals surface area (Å²) >= 11 is 0. The molecule has 0 aromatic carbocycles. The fraction of sp³-hybridized carbons (Fsp3) is 0.923. The molecule has 6 nitrogen and oxygen atoms in total. The van der Waals surface area contributed by atoms with Gasteiger partial charge in [-0.25, -0.2) is 13.1 Å². The van der Waals surface area contributed by atoms with Gasteiger partial charge in [0.2, 0.25) is 15.9 Å². The van der Waals surface area contributed by atoms with Crippen molar-refractivity contribution in [2.45, 2.75) is 45.6 Å². The maximum absolute atomic E-state index is 11.8. The van der Waals surface area contributed by atoms with Crippen LogP contribution in [-0.4, -0.2) is 45.9 Å². The van der Waals surface area contributed by atoms with Crippen LogP contribution in [0.2, 0.25) is 0 Å². The second-order valence-corrected chi connectivity index (χ2v) is 7.15. The van der Waals surface area contributed by atoms with E-state index in [2.05, 4.69) is 10.0 Å². The van der Waals surface area contributed by atoms with Crippen molar-refractivity contribution < 1.29 is 17.9 Å². The average molecular weight is 306 g/mol. The van der Waals surface area contributed by atoms with Gasteiger partial charge in [0, 0.05) is 13.2 Å². The van der Waals surface area contributed by atoms with E-state index in [1.807, 2.05) is 0 Å². The van der Waals surface area contributed by atoms with Crippen LogP contribution in [0, 0.1) is 5.92 Å². The molecule has 0 bridgehead atoms. The number of carbonyl (C=O) groups excluding carboxylic acids is 1. The highest BCUT2D eigenvalue weighted by atomic mass is 32.2. The number of amides is 1. The minimum atomic E-state index is -3.48. The molecule has 0 aromatic rings. The third kappa shape index (κ3) is 6.67. The number of rotatable bonds is 9. The Morgan fingerprint density at radius 2 is 2.00 bits per heavy atom. The van der Waals surface area contributed by atoms with Crippen molar-refractivity contribution in [3.63, 3.8) is 0 Å². The maximum atomic E-state index is 11.8. The minimum absolute atomic E-state index is 0.108. The molecule has 0 radical (unpaired) electrons. The molecule has 0 saturated heterocycles. The Labute approximate surface area is 121 Å². The summed E-state index contributed by atoms with van der Waals surface area (Å²) in [5, 5.41) is 2.58. The van der Waals surface area contributed by atoms with E-state index in [1.54, 1.807) is 6.92 Å². The summed E-state index contributed by atoms with van der Waals surface area (Å²) in [6, 6.07) is -0.755. The molecule has 1 saturated carbocycles. The zero-order valence-corrected chi connectivity index (χ0v) is 13.2. The van der Waals surface area contributed by atoms with Crippen LogP contribution in [0.3, 0.4) is 0 Å². The number of hydrogen-bond acceptors (Lipinski definition) is 4. The van der Waals surface area contributed by atoms with Gasteiger partial charge < -0.3 is 10.1 Å². The Morgan fingerprint density at radius 1 is 1.35 bits per heavy atom. The van der Waals surface area contributed by atoms with Crippen molar-refractivity contribution in [3.05, 3.63) is 0 Å². The van der Waals surface area contributed by atoms with Crippen molar-refractivity contribution in [1.82, 2.24) is 10.0 Å². The van der Waals surface area contributed by atoms with E-state index in [0.29, 0.717) is 19.1 Å². The molecule has 1 atom stereocenters. The van der Waals surface area contributed by atoms with Crippen molar-refractivity contribution in [2.24, 2.45) is 5.92 Å². The topological polar surface area (TPSA) is 84.5 Å². The minimum Gasteiger partial charge on any atom is -0.380 e. The zero-order valence-electron chi connectivity index (χ0n) is 12.4. The first-order chi connectivity index (χ1) is 9.44. The number of ether oxygens (including phenoxy) is 1. The first-order valence-electron chi connectivity index (χ1n) is 7.30. The highest BCUT2D eigenvalue weighted by Gasteiger charge is 2.20. The average Bonchev–Trinajstić information content (AvgIpc) is 2.87. The smallest absolute Gasteiger partial charge is 0.237 e. The highest BCUT2D eigenvalue weighted by Crippen LogP contribution is 2.24. The molecule has 1 aliphatic carbocycles. The fourth-order valence-corrected chi connectivity index (χ4v) is 3.41. The van der Waals surface area contributed by atoms with E-state index in [1.165, 1.54) is 32.6 Å². The Morgan fingerprint density at radius 3 is 2.60 bits per heavy atom. The molecule has 1 rings (SSSR count). The lowest BCUT2D eigenvalue weighted by molar-refractivity contribution is -0.122. The molecule has 0 aromatic heterocycles. The summed E-state index contributed by atoms with van der Waals surface area (Å²) in [7, 11) is -3.48. The molecule has 1 aliphatic rings. The molecular formula is C13H26N2O4S. The number of carbonyl (C=O) groups is 1. The van der Waals surface area contributed by atoms with Gasteiger partial charge in [-0.1, -0.05) is 12.8 Å². The van der Waals surface area contributed by atoms with Crippen LogP contribution >= 0.6 is 0 Å². The normalized spacial score (nSPS) is 18.1. The van der Waals surface area contributed by atoms with E-state index in [9.17, 15) is 13.2 Å². The Balaban J connectivity index is 2.21. The Bertz CT molecular complexity index is 391. The molecule has 2 N–H and O–H groups in total. The Kier molecular flexibility index (Phi) is 7.47. The number of sulfonamides is 1. The molecule has 20 heavy (non-hydrogen) atoms. The van der Waals surface area contributed by atoms with Gasteiger partial charge in [0.05, 0.1) is 18.4 Å². The third-order valence-corrected chi connectivity index (χ3v) is 4.84. The summed E-state index contributed by atoms with van der Waals surface area (Å²) in [6.07, 6.45) is 4.86. The predicted molar refractivity (Wildman–Crippen MR) is 77.8 cm³/mol. The van der Waals surface area contributed by atoms with Crippen molar-refractivity contribution >= 4 is 15.9 Å². The molecule has 1 unspecified atom stereocenters. The second-order valence-electron chi connectivity index (χ2n) is 5.28. The first kappa shape index (κ1) is 17.4. The van der Waals surface area contributed by atoms with Gasteiger partial charge in [-0.15, -0.1) is 0 Å². The van der Waals surface area contributed by atoms with Gasteiger partial charge in [-0.3, -0.25) is 4.79 Å². The van der Waals surface area contributed by atoms with E-state index in [-0.39, 0.29) is 18.3 Å². The van der Waals surface area contributed by atoms with Gasteiger partial charge >= 0.3 is 0 Å². The fourth-order valence-electron chi connectivity index (χ4n) is 2.30. The number of likely N-dealkylation sites (N-methyl/N-ethyl adjacent to an activating group) is 1. The summed E-state index contributed by atoms with van der Waals surface area (Å²) in [5.74, 6) is 0.159. The summed E-state index contributed by atoms with van der Waals surface area (Å²) in [6.45, 7) is 4.61. The number of hydrogen-bond donors (Lipinski definition) is 2. The highest BCUT2D eigenvalue weighted by molar-refractivity contribution is 7.89. The van der Waals surface area contributed by atoms with Gasteiger partial charge in [0.1, 0.15) is 0 Å². The van der Waals surface area contributed by atoms with Crippen LogP contribution in [0.1, 0.15) is 39.5 Å². The SMILES string of the molecule is CCNC(=O)C(C)NS(=O)(=O)CCOCC1CCCC1. The largest absolute Gasteiger partial charge is 0.380 e. The van der Waals surface area contributed by atoms with Crippen LogP contribution in [0.4, 0.5) is 0 Å². The van der Waals surface area contributed by atoms with Crippen LogP contribution in [-0.2, 0) is 19.6 Å². The summed E-state index contributed by atoms with van der Waals surface area (Å²) < 4.78 is 31.3. The standard InChI is InChI=1S/C13H26N2O4S/c1-3-14-13(16)11(2)15-20(17,18)9-8-19-10-12-6-4-5-7-12/h11-12,15H,3-10H2,1-2H3,(H,14,16). The molecule has 7 heteroatoms. The molecule has 118 valence electrons. The summed E-state index contributed by atoms with van der Waals surface area (Å²) in [5.41, 5.74) is 0. The van der Waals surface area contributed by atoms with E-state index in [0.717, 1.165) is 0 Å². The monoisotopic (exact) mass is 306 g/mol. The molecule has 1 fully saturated rings. The lowest BCUT2D eigenvalue weighted by Gasteiger charge is -2.14.